The van der Waals surface area contributed by atoms with Crippen LogP contribution < -0.4 is 15.0 Å². The number of fused-ring (bicyclic) bond motifs is 3. The maximum absolute atomic E-state index is 15.7. The predicted octanol–water partition coefficient (Wildman–Crippen LogP) is 4.82. The van der Waals surface area contributed by atoms with Crippen molar-refractivity contribution in [1.29, 1.82) is 0 Å². The number of anilines is 1. The van der Waals surface area contributed by atoms with Crippen LogP contribution in [0.2, 0.25) is 0 Å². The van der Waals surface area contributed by atoms with E-state index < -0.39 is 0 Å². The molecule has 0 spiro atoms. The standard InChI is InChI=1S/C29H25FN6O/c1-37-23-4-2-3-19(13-23)27-28(18-7-10-31-11-8-18)34-36-26(9-12-32-29(27)36)24-6-5-21(15-25(24)30)35-17-20-14-22(35)16-33-20/h2-13,15,20,22,33H,14,16-17H2,1H3/t20-,22-/m0/s1. The molecule has 184 valence electrons. The summed E-state index contributed by atoms with van der Waals surface area (Å²) in [6, 6.07) is 19.9. The zero-order valence-electron chi connectivity index (χ0n) is 20.3. The first kappa shape index (κ1) is 21.9. The number of rotatable bonds is 5. The molecule has 2 aliphatic rings. The molecule has 2 atom stereocenters. The summed E-state index contributed by atoms with van der Waals surface area (Å²) in [7, 11) is 1.64. The Morgan fingerprint density at radius 2 is 1.89 bits per heavy atom. The second kappa shape index (κ2) is 8.67. The second-order valence-corrected chi connectivity index (χ2v) is 9.57. The van der Waals surface area contributed by atoms with Crippen molar-refractivity contribution in [2.45, 2.75) is 18.5 Å². The van der Waals surface area contributed by atoms with Crippen molar-refractivity contribution in [3.63, 3.8) is 0 Å². The first-order valence-electron chi connectivity index (χ1n) is 12.4. The molecule has 2 aromatic carbocycles. The van der Waals surface area contributed by atoms with Gasteiger partial charge in [-0.05, 0) is 60.5 Å². The van der Waals surface area contributed by atoms with E-state index in [9.17, 15) is 0 Å². The third-order valence-electron chi connectivity index (χ3n) is 7.45. The molecule has 0 unspecified atom stereocenters. The molecular formula is C29H25FN6O. The molecule has 0 radical (unpaired) electrons. The highest BCUT2D eigenvalue weighted by atomic mass is 19.1. The fourth-order valence-corrected chi connectivity index (χ4v) is 5.67. The Morgan fingerprint density at radius 3 is 2.65 bits per heavy atom. The normalized spacial score (nSPS) is 18.6. The fraction of sp³-hybridized carbons (Fsp3) is 0.207. The van der Waals surface area contributed by atoms with Crippen LogP contribution in [0.1, 0.15) is 6.42 Å². The summed E-state index contributed by atoms with van der Waals surface area (Å²) in [4.78, 5) is 11.2. The fourth-order valence-electron chi connectivity index (χ4n) is 5.67. The number of hydrogen-bond acceptors (Lipinski definition) is 6. The van der Waals surface area contributed by atoms with E-state index in [1.165, 1.54) is 0 Å². The minimum absolute atomic E-state index is 0.273. The SMILES string of the molecule is COc1cccc(-c2c(-c3ccncc3)nn3c(-c4ccc(N5C[C@@H]6C[C@H]5CN6)cc4F)ccnc23)c1. The molecule has 5 heterocycles. The summed E-state index contributed by atoms with van der Waals surface area (Å²) in [5, 5.41) is 8.47. The van der Waals surface area contributed by atoms with Crippen molar-refractivity contribution < 1.29 is 9.13 Å². The van der Waals surface area contributed by atoms with Crippen LogP contribution in [0.15, 0.2) is 79.3 Å². The molecule has 7 nitrogen and oxygen atoms in total. The highest BCUT2D eigenvalue weighted by Crippen LogP contribution is 2.38. The van der Waals surface area contributed by atoms with Gasteiger partial charge in [-0.25, -0.2) is 13.9 Å². The molecule has 2 bridgehead atoms. The van der Waals surface area contributed by atoms with Gasteiger partial charge in [0.05, 0.1) is 18.4 Å². The van der Waals surface area contributed by atoms with E-state index >= 15 is 4.39 Å². The van der Waals surface area contributed by atoms with Crippen LogP contribution in [-0.4, -0.2) is 51.9 Å². The van der Waals surface area contributed by atoms with E-state index in [4.69, 9.17) is 9.84 Å². The average molecular weight is 493 g/mol. The Labute approximate surface area is 213 Å². The molecule has 2 aliphatic heterocycles. The first-order chi connectivity index (χ1) is 18.2. The van der Waals surface area contributed by atoms with Gasteiger partial charge in [-0.2, -0.15) is 5.10 Å². The van der Waals surface area contributed by atoms with Gasteiger partial charge in [-0.1, -0.05) is 12.1 Å². The van der Waals surface area contributed by atoms with Crippen LogP contribution in [0.3, 0.4) is 0 Å². The Bertz CT molecular complexity index is 1620. The Morgan fingerprint density at radius 1 is 1.00 bits per heavy atom. The minimum atomic E-state index is -0.273. The zero-order valence-corrected chi connectivity index (χ0v) is 20.3. The van der Waals surface area contributed by atoms with Gasteiger partial charge in [0, 0.05) is 60.6 Å². The molecule has 7 rings (SSSR count). The number of pyridine rings is 1. The number of hydrogen-bond donors (Lipinski definition) is 1. The lowest BCUT2D eigenvalue weighted by Crippen LogP contribution is -2.43. The third kappa shape index (κ3) is 3.64. The van der Waals surface area contributed by atoms with E-state index in [1.807, 2.05) is 54.6 Å². The van der Waals surface area contributed by atoms with Crippen molar-refractivity contribution in [3.8, 4) is 39.4 Å². The summed E-state index contributed by atoms with van der Waals surface area (Å²) in [5.41, 5.74) is 6.11. The van der Waals surface area contributed by atoms with Gasteiger partial charge >= 0.3 is 0 Å². The number of ether oxygens (including phenoxy) is 1. The lowest BCUT2D eigenvalue weighted by Gasteiger charge is -2.29. The maximum atomic E-state index is 15.7. The maximum Gasteiger partial charge on any atom is 0.164 e. The first-order valence-corrected chi connectivity index (χ1v) is 12.4. The van der Waals surface area contributed by atoms with Crippen molar-refractivity contribution >= 4 is 11.3 Å². The number of methoxy groups -OCH3 is 1. The van der Waals surface area contributed by atoms with Crippen LogP contribution >= 0.6 is 0 Å². The zero-order chi connectivity index (χ0) is 24.9. The summed E-state index contributed by atoms with van der Waals surface area (Å²) in [6.45, 7) is 1.87. The number of nitrogens with zero attached hydrogens (tertiary/aromatic N) is 5. The Kier molecular flexibility index (Phi) is 5.14. The number of aromatic nitrogens is 4. The summed E-state index contributed by atoms with van der Waals surface area (Å²) in [6.07, 6.45) is 6.31. The Hall–Kier alpha value is -4.30. The average Bonchev–Trinajstić information content (AvgIpc) is 3.68. The van der Waals surface area contributed by atoms with Crippen molar-refractivity contribution in [2.24, 2.45) is 0 Å². The van der Waals surface area contributed by atoms with Gasteiger partial charge in [0.25, 0.3) is 0 Å². The van der Waals surface area contributed by atoms with E-state index in [1.54, 1.807) is 36.3 Å². The van der Waals surface area contributed by atoms with Gasteiger partial charge in [0.2, 0.25) is 0 Å². The monoisotopic (exact) mass is 492 g/mol. The van der Waals surface area contributed by atoms with Gasteiger partial charge in [0.1, 0.15) is 17.3 Å². The van der Waals surface area contributed by atoms with Crippen molar-refractivity contribution in [2.75, 3.05) is 25.1 Å². The van der Waals surface area contributed by atoms with E-state index in [2.05, 4.69) is 20.2 Å². The lowest BCUT2D eigenvalue weighted by atomic mass is 10.0. The number of halogens is 1. The topological polar surface area (TPSA) is 67.6 Å². The van der Waals surface area contributed by atoms with Crippen LogP contribution in [-0.2, 0) is 0 Å². The van der Waals surface area contributed by atoms with Crippen LogP contribution in [0.25, 0.3) is 39.3 Å². The smallest absolute Gasteiger partial charge is 0.164 e. The molecule has 3 aromatic heterocycles. The van der Waals surface area contributed by atoms with Crippen LogP contribution in [0.4, 0.5) is 10.1 Å². The molecular weight excluding hydrogens is 467 g/mol. The molecule has 2 fully saturated rings. The lowest BCUT2D eigenvalue weighted by molar-refractivity contribution is 0.415. The van der Waals surface area contributed by atoms with Gasteiger partial charge in [-0.15, -0.1) is 0 Å². The highest BCUT2D eigenvalue weighted by Gasteiger charge is 2.37. The van der Waals surface area contributed by atoms with Gasteiger partial charge < -0.3 is 15.0 Å². The van der Waals surface area contributed by atoms with Gasteiger partial charge in [-0.3, -0.25) is 4.98 Å². The third-order valence-corrected chi connectivity index (χ3v) is 7.45. The molecule has 1 N–H and O–H groups in total. The predicted molar refractivity (Wildman–Crippen MR) is 141 cm³/mol. The summed E-state index contributed by atoms with van der Waals surface area (Å²) >= 11 is 0. The second-order valence-electron chi connectivity index (χ2n) is 9.57. The van der Waals surface area contributed by atoms with Crippen molar-refractivity contribution in [1.82, 2.24) is 24.9 Å². The largest absolute Gasteiger partial charge is 0.497 e. The molecule has 0 amide bonds. The number of nitrogens with one attached hydrogen (secondary N) is 1. The van der Waals surface area contributed by atoms with Gasteiger partial charge in [0.15, 0.2) is 5.65 Å². The van der Waals surface area contributed by atoms with E-state index in [0.717, 1.165) is 53.3 Å². The quantitative estimate of drug-likeness (QED) is 0.379. The highest BCUT2D eigenvalue weighted by molar-refractivity contribution is 5.91. The van der Waals surface area contributed by atoms with Crippen molar-refractivity contribution in [3.05, 3.63) is 85.1 Å². The molecule has 0 aliphatic carbocycles. The Balaban J connectivity index is 1.39. The van der Waals surface area contributed by atoms with Crippen LogP contribution in [0, 0.1) is 5.82 Å². The molecule has 2 saturated heterocycles. The summed E-state index contributed by atoms with van der Waals surface area (Å²) in [5.74, 6) is 0.464. The molecule has 37 heavy (non-hydrogen) atoms. The minimum Gasteiger partial charge on any atom is -0.497 e. The summed E-state index contributed by atoms with van der Waals surface area (Å²) < 4.78 is 22.9. The molecule has 5 aromatic rings. The molecule has 0 saturated carbocycles. The number of piperazine rings is 1. The van der Waals surface area contributed by atoms with E-state index in [0.29, 0.717) is 29.0 Å². The number of benzene rings is 2. The van der Waals surface area contributed by atoms with E-state index in [-0.39, 0.29) is 5.82 Å². The van der Waals surface area contributed by atoms with Crippen LogP contribution in [0.5, 0.6) is 5.75 Å². The molecule has 8 heteroatoms.